The molecule has 16 heavy (non-hydrogen) atoms. The van der Waals surface area contributed by atoms with Gasteiger partial charge < -0.3 is 10.6 Å². The standard InChI is InChI=1S/C12H12ClN3/c1-16(10-5-3-2-4-6-10)12-11(13)7-9(14)8-15-12/h2-8H,14H2,1H3. The molecule has 4 heteroatoms. The number of halogens is 1. The van der Waals surface area contributed by atoms with Gasteiger partial charge in [-0.1, -0.05) is 29.8 Å². The third kappa shape index (κ3) is 2.09. The molecule has 0 amide bonds. The summed E-state index contributed by atoms with van der Waals surface area (Å²) < 4.78 is 0. The summed E-state index contributed by atoms with van der Waals surface area (Å²) in [4.78, 5) is 6.14. The first-order valence-corrected chi connectivity index (χ1v) is 5.26. The highest BCUT2D eigenvalue weighted by Crippen LogP contribution is 2.29. The van der Waals surface area contributed by atoms with Crippen LogP contribution < -0.4 is 10.6 Å². The summed E-state index contributed by atoms with van der Waals surface area (Å²) in [5, 5.41) is 0.548. The van der Waals surface area contributed by atoms with Gasteiger partial charge in [-0.05, 0) is 18.2 Å². The summed E-state index contributed by atoms with van der Waals surface area (Å²) in [5.41, 5.74) is 7.20. The topological polar surface area (TPSA) is 42.2 Å². The molecule has 0 saturated heterocycles. The normalized spacial score (nSPS) is 10.1. The van der Waals surface area contributed by atoms with Gasteiger partial charge in [-0.3, -0.25) is 0 Å². The number of nitrogens with zero attached hydrogens (tertiary/aromatic N) is 2. The second-order valence-corrected chi connectivity index (χ2v) is 3.88. The van der Waals surface area contributed by atoms with Gasteiger partial charge in [-0.25, -0.2) is 4.98 Å². The van der Waals surface area contributed by atoms with Crippen LogP contribution in [0.25, 0.3) is 0 Å². The van der Waals surface area contributed by atoms with Crippen LogP contribution in [0.4, 0.5) is 17.2 Å². The Bertz CT molecular complexity index is 485. The molecule has 0 aliphatic heterocycles. The number of aromatic nitrogens is 1. The van der Waals surface area contributed by atoms with Crippen molar-refractivity contribution in [3.8, 4) is 0 Å². The highest BCUT2D eigenvalue weighted by atomic mass is 35.5. The average molecular weight is 234 g/mol. The minimum absolute atomic E-state index is 0.548. The lowest BCUT2D eigenvalue weighted by molar-refractivity contribution is 1.13. The zero-order chi connectivity index (χ0) is 11.5. The van der Waals surface area contributed by atoms with E-state index in [9.17, 15) is 0 Å². The van der Waals surface area contributed by atoms with Gasteiger partial charge in [0, 0.05) is 12.7 Å². The van der Waals surface area contributed by atoms with Gasteiger partial charge in [0.05, 0.1) is 16.9 Å². The molecule has 0 radical (unpaired) electrons. The molecular weight excluding hydrogens is 222 g/mol. The van der Waals surface area contributed by atoms with Crippen molar-refractivity contribution in [3.63, 3.8) is 0 Å². The summed E-state index contributed by atoms with van der Waals surface area (Å²) in [7, 11) is 1.92. The Morgan fingerprint density at radius 3 is 2.56 bits per heavy atom. The van der Waals surface area contributed by atoms with E-state index >= 15 is 0 Å². The van der Waals surface area contributed by atoms with Gasteiger partial charge in [0.25, 0.3) is 0 Å². The molecule has 0 atom stereocenters. The van der Waals surface area contributed by atoms with Crippen molar-refractivity contribution in [2.75, 3.05) is 17.7 Å². The van der Waals surface area contributed by atoms with Crippen LogP contribution in [-0.2, 0) is 0 Å². The lowest BCUT2D eigenvalue weighted by atomic mass is 10.3. The summed E-state index contributed by atoms with van der Waals surface area (Å²) in [5.74, 6) is 0.696. The Morgan fingerprint density at radius 2 is 1.94 bits per heavy atom. The fraction of sp³-hybridized carbons (Fsp3) is 0.0833. The van der Waals surface area contributed by atoms with E-state index in [2.05, 4.69) is 4.98 Å². The lowest BCUT2D eigenvalue weighted by Crippen LogP contribution is -2.11. The number of pyridine rings is 1. The molecule has 0 fully saturated rings. The number of rotatable bonds is 2. The van der Waals surface area contributed by atoms with Gasteiger partial charge in [-0.15, -0.1) is 0 Å². The molecule has 82 valence electrons. The smallest absolute Gasteiger partial charge is 0.151 e. The Balaban J connectivity index is 2.38. The number of hydrogen-bond acceptors (Lipinski definition) is 3. The average Bonchev–Trinajstić information content (AvgIpc) is 2.29. The molecule has 2 N–H and O–H groups in total. The van der Waals surface area contributed by atoms with E-state index in [0.29, 0.717) is 16.5 Å². The van der Waals surface area contributed by atoms with E-state index in [4.69, 9.17) is 17.3 Å². The first kappa shape index (κ1) is 10.8. The van der Waals surface area contributed by atoms with Crippen molar-refractivity contribution < 1.29 is 0 Å². The third-order valence-corrected chi connectivity index (χ3v) is 2.58. The highest BCUT2D eigenvalue weighted by molar-refractivity contribution is 6.33. The van der Waals surface area contributed by atoms with Crippen molar-refractivity contribution in [3.05, 3.63) is 47.6 Å². The number of benzene rings is 1. The minimum Gasteiger partial charge on any atom is -0.397 e. The number of nitrogens with two attached hydrogens (primary N) is 1. The zero-order valence-corrected chi connectivity index (χ0v) is 9.65. The maximum Gasteiger partial charge on any atom is 0.151 e. The van der Waals surface area contributed by atoms with Crippen molar-refractivity contribution in [2.24, 2.45) is 0 Å². The number of nitrogen functional groups attached to an aromatic ring is 1. The first-order chi connectivity index (χ1) is 7.68. The largest absolute Gasteiger partial charge is 0.397 e. The maximum absolute atomic E-state index is 6.09. The van der Waals surface area contributed by atoms with Crippen LogP contribution in [0.1, 0.15) is 0 Å². The molecular formula is C12H12ClN3. The minimum atomic E-state index is 0.548. The van der Waals surface area contributed by atoms with E-state index in [1.807, 2.05) is 42.3 Å². The Hall–Kier alpha value is -1.74. The van der Waals surface area contributed by atoms with Crippen LogP contribution in [0.15, 0.2) is 42.6 Å². The SMILES string of the molecule is CN(c1ccccc1)c1ncc(N)cc1Cl. The van der Waals surface area contributed by atoms with E-state index in [-0.39, 0.29) is 0 Å². The zero-order valence-electron chi connectivity index (χ0n) is 8.89. The molecule has 0 bridgehead atoms. The molecule has 0 unspecified atom stereocenters. The fourth-order valence-corrected chi connectivity index (χ4v) is 1.77. The van der Waals surface area contributed by atoms with Crippen LogP contribution >= 0.6 is 11.6 Å². The van der Waals surface area contributed by atoms with Gasteiger partial charge in [0.15, 0.2) is 5.82 Å². The third-order valence-electron chi connectivity index (χ3n) is 2.30. The molecule has 0 spiro atoms. The number of anilines is 3. The fourth-order valence-electron chi connectivity index (χ4n) is 1.47. The predicted molar refractivity (Wildman–Crippen MR) is 68.2 cm³/mol. The summed E-state index contributed by atoms with van der Waals surface area (Å²) >= 11 is 6.09. The van der Waals surface area contributed by atoms with Crippen LogP contribution in [0.3, 0.4) is 0 Å². The molecule has 2 rings (SSSR count). The summed E-state index contributed by atoms with van der Waals surface area (Å²) in [6.07, 6.45) is 1.60. The van der Waals surface area contributed by atoms with E-state index in [0.717, 1.165) is 5.69 Å². The van der Waals surface area contributed by atoms with Gasteiger partial charge in [-0.2, -0.15) is 0 Å². The Kier molecular flexibility index (Phi) is 2.97. The molecule has 0 aliphatic rings. The molecule has 0 aliphatic carbocycles. The van der Waals surface area contributed by atoms with Crippen molar-refractivity contribution >= 4 is 28.8 Å². The first-order valence-electron chi connectivity index (χ1n) is 4.88. The van der Waals surface area contributed by atoms with Crippen LogP contribution in [-0.4, -0.2) is 12.0 Å². The predicted octanol–water partition coefficient (Wildman–Crippen LogP) is 3.09. The lowest BCUT2D eigenvalue weighted by Gasteiger charge is -2.19. The van der Waals surface area contributed by atoms with Crippen LogP contribution in [0.2, 0.25) is 5.02 Å². The molecule has 3 nitrogen and oxygen atoms in total. The molecule has 1 heterocycles. The Morgan fingerprint density at radius 1 is 1.25 bits per heavy atom. The van der Waals surface area contributed by atoms with Crippen LogP contribution in [0.5, 0.6) is 0 Å². The molecule has 2 aromatic rings. The summed E-state index contributed by atoms with van der Waals surface area (Å²) in [6, 6.07) is 11.6. The second-order valence-electron chi connectivity index (χ2n) is 3.47. The van der Waals surface area contributed by atoms with Crippen molar-refractivity contribution in [2.45, 2.75) is 0 Å². The molecule has 1 aromatic carbocycles. The molecule has 1 aromatic heterocycles. The van der Waals surface area contributed by atoms with E-state index in [1.165, 1.54) is 0 Å². The van der Waals surface area contributed by atoms with E-state index < -0.39 is 0 Å². The maximum atomic E-state index is 6.09. The van der Waals surface area contributed by atoms with Crippen LogP contribution in [0, 0.1) is 0 Å². The number of hydrogen-bond donors (Lipinski definition) is 1. The van der Waals surface area contributed by atoms with Gasteiger partial charge in [0.1, 0.15) is 0 Å². The van der Waals surface area contributed by atoms with Gasteiger partial charge in [0.2, 0.25) is 0 Å². The van der Waals surface area contributed by atoms with Crippen molar-refractivity contribution in [1.29, 1.82) is 0 Å². The van der Waals surface area contributed by atoms with Gasteiger partial charge >= 0.3 is 0 Å². The number of para-hydroxylation sites is 1. The Labute approximate surface area is 99.5 Å². The highest BCUT2D eigenvalue weighted by Gasteiger charge is 2.09. The summed E-state index contributed by atoms with van der Waals surface area (Å²) in [6.45, 7) is 0. The quantitative estimate of drug-likeness (QED) is 0.867. The monoisotopic (exact) mass is 233 g/mol. The molecule has 0 saturated carbocycles. The van der Waals surface area contributed by atoms with Crippen molar-refractivity contribution in [1.82, 2.24) is 4.98 Å². The van der Waals surface area contributed by atoms with E-state index in [1.54, 1.807) is 12.3 Å². The second kappa shape index (κ2) is 4.41.